The van der Waals surface area contributed by atoms with E-state index in [2.05, 4.69) is 17.1 Å². The third-order valence-electron chi connectivity index (χ3n) is 3.55. The van der Waals surface area contributed by atoms with Crippen LogP contribution in [0.2, 0.25) is 0 Å². The van der Waals surface area contributed by atoms with E-state index < -0.39 is 12.0 Å². The minimum atomic E-state index is -0.781. The molecular weight excluding hydrogens is 232 g/mol. The molecule has 3 atom stereocenters. The Balaban J connectivity index is 2.51. The molecule has 1 fully saturated rings. The lowest BCUT2D eigenvalue weighted by atomic mass is 9.95. The van der Waals surface area contributed by atoms with Crippen LogP contribution in [0.25, 0.3) is 0 Å². The molecule has 0 saturated carbocycles. The van der Waals surface area contributed by atoms with Crippen LogP contribution in [-0.2, 0) is 9.53 Å². The molecule has 0 amide bonds. The van der Waals surface area contributed by atoms with E-state index >= 15 is 0 Å². The average Bonchev–Trinajstić information content (AvgIpc) is 2.29. The van der Waals surface area contributed by atoms with Crippen LogP contribution < -0.4 is 5.32 Å². The summed E-state index contributed by atoms with van der Waals surface area (Å²) in [6.45, 7) is 8.43. The monoisotopic (exact) mass is 258 g/mol. The largest absolute Gasteiger partial charge is 0.480 e. The molecule has 106 valence electrons. The highest BCUT2D eigenvalue weighted by molar-refractivity contribution is 5.73. The van der Waals surface area contributed by atoms with Gasteiger partial charge in [-0.25, -0.2) is 0 Å². The van der Waals surface area contributed by atoms with Gasteiger partial charge < -0.3 is 15.2 Å². The highest BCUT2D eigenvalue weighted by atomic mass is 16.5. The molecule has 18 heavy (non-hydrogen) atoms. The lowest BCUT2D eigenvalue weighted by Crippen LogP contribution is -2.52. The first-order chi connectivity index (χ1) is 8.43. The number of carboxylic acids is 1. The maximum atomic E-state index is 11.2. The normalized spacial score (nSPS) is 27.4. The first kappa shape index (κ1) is 15.4. The molecule has 1 rings (SSSR count). The van der Waals surface area contributed by atoms with Crippen LogP contribution in [0.1, 0.15) is 27.2 Å². The quantitative estimate of drug-likeness (QED) is 0.738. The number of piperidine rings is 1. The van der Waals surface area contributed by atoms with Crippen LogP contribution >= 0.6 is 0 Å². The summed E-state index contributed by atoms with van der Waals surface area (Å²) in [4.78, 5) is 13.4. The van der Waals surface area contributed by atoms with Crippen molar-refractivity contribution in [3.63, 3.8) is 0 Å². The van der Waals surface area contributed by atoms with Crippen LogP contribution in [0, 0.1) is 5.92 Å². The number of rotatable bonds is 6. The Morgan fingerprint density at radius 2 is 2.22 bits per heavy atom. The van der Waals surface area contributed by atoms with Gasteiger partial charge in [0.25, 0.3) is 0 Å². The van der Waals surface area contributed by atoms with Gasteiger partial charge in [0.15, 0.2) is 0 Å². The maximum absolute atomic E-state index is 11.2. The van der Waals surface area contributed by atoms with Crippen molar-refractivity contribution < 1.29 is 14.6 Å². The van der Waals surface area contributed by atoms with Crippen LogP contribution in [0.3, 0.4) is 0 Å². The number of hydrogen-bond donors (Lipinski definition) is 2. The van der Waals surface area contributed by atoms with Gasteiger partial charge in [-0.05, 0) is 18.9 Å². The number of hydrogen-bond acceptors (Lipinski definition) is 4. The first-order valence-corrected chi connectivity index (χ1v) is 6.68. The number of methoxy groups -OCH3 is 1. The van der Waals surface area contributed by atoms with Crippen LogP contribution in [0.5, 0.6) is 0 Å². The summed E-state index contributed by atoms with van der Waals surface area (Å²) in [5, 5.41) is 12.3. The molecule has 2 N–H and O–H groups in total. The molecule has 5 heteroatoms. The van der Waals surface area contributed by atoms with E-state index in [1.807, 2.05) is 13.8 Å². The minimum Gasteiger partial charge on any atom is -0.480 e. The van der Waals surface area contributed by atoms with Gasteiger partial charge in [-0.2, -0.15) is 0 Å². The summed E-state index contributed by atoms with van der Waals surface area (Å²) in [6, 6.07) is -0.330. The number of carboxylic acid groups (broad SMARTS) is 1. The van der Waals surface area contributed by atoms with Crippen molar-refractivity contribution in [1.29, 1.82) is 0 Å². The zero-order valence-electron chi connectivity index (χ0n) is 11.8. The fourth-order valence-electron chi connectivity index (χ4n) is 2.43. The highest BCUT2D eigenvalue weighted by Crippen LogP contribution is 2.19. The Kier molecular flexibility index (Phi) is 6.05. The van der Waals surface area contributed by atoms with Gasteiger partial charge in [0.1, 0.15) is 6.04 Å². The lowest BCUT2D eigenvalue weighted by molar-refractivity contribution is -0.140. The zero-order chi connectivity index (χ0) is 13.7. The van der Waals surface area contributed by atoms with Gasteiger partial charge in [-0.3, -0.25) is 9.69 Å². The molecule has 1 aliphatic heterocycles. The molecule has 0 bridgehead atoms. The van der Waals surface area contributed by atoms with Crippen molar-refractivity contribution in [2.75, 3.05) is 26.7 Å². The molecule has 0 radical (unpaired) electrons. The zero-order valence-corrected chi connectivity index (χ0v) is 11.8. The van der Waals surface area contributed by atoms with E-state index in [-0.39, 0.29) is 12.1 Å². The second-order valence-electron chi connectivity index (χ2n) is 5.51. The fraction of sp³-hybridized carbons (Fsp3) is 0.923. The molecule has 1 heterocycles. The van der Waals surface area contributed by atoms with Gasteiger partial charge in [0.2, 0.25) is 0 Å². The van der Waals surface area contributed by atoms with E-state index in [4.69, 9.17) is 4.74 Å². The van der Waals surface area contributed by atoms with Gasteiger partial charge in [0.05, 0.1) is 6.10 Å². The van der Waals surface area contributed by atoms with E-state index in [1.165, 1.54) is 0 Å². The average molecular weight is 258 g/mol. The van der Waals surface area contributed by atoms with E-state index in [0.29, 0.717) is 12.5 Å². The smallest absolute Gasteiger partial charge is 0.322 e. The summed E-state index contributed by atoms with van der Waals surface area (Å²) < 4.78 is 5.45. The van der Waals surface area contributed by atoms with E-state index in [0.717, 1.165) is 19.5 Å². The number of nitrogens with one attached hydrogen (secondary N) is 1. The summed E-state index contributed by atoms with van der Waals surface area (Å²) >= 11 is 0. The molecule has 3 unspecified atom stereocenters. The Hall–Kier alpha value is -0.650. The highest BCUT2D eigenvalue weighted by Gasteiger charge is 2.29. The van der Waals surface area contributed by atoms with Crippen molar-refractivity contribution in [3.8, 4) is 0 Å². The van der Waals surface area contributed by atoms with Crippen molar-refractivity contribution in [2.24, 2.45) is 5.92 Å². The number of likely N-dealkylation sites (tertiary alicyclic amines) is 1. The number of nitrogens with zero attached hydrogens (tertiary/aromatic N) is 1. The molecule has 0 aliphatic carbocycles. The predicted molar refractivity (Wildman–Crippen MR) is 70.7 cm³/mol. The van der Waals surface area contributed by atoms with Crippen molar-refractivity contribution in [3.05, 3.63) is 0 Å². The summed E-state index contributed by atoms with van der Waals surface area (Å²) in [6.07, 6.45) is 1.28. The molecule has 1 saturated heterocycles. The van der Waals surface area contributed by atoms with Gasteiger partial charge >= 0.3 is 5.97 Å². The van der Waals surface area contributed by atoms with Gasteiger partial charge in [0, 0.05) is 26.2 Å². The Morgan fingerprint density at radius 1 is 1.56 bits per heavy atom. The van der Waals surface area contributed by atoms with Gasteiger partial charge in [-0.15, -0.1) is 0 Å². The van der Waals surface area contributed by atoms with Crippen LogP contribution in [-0.4, -0.2) is 60.9 Å². The number of carbonyl (C=O) groups is 1. The maximum Gasteiger partial charge on any atom is 0.322 e. The Morgan fingerprint density at radius 3 is 2.72 bits per heavy atom. The van der Waals surface area contributed by atoms with Crippen LogP contribution in [0.15, 0.2) is 0 Å². The van der Waals surface area contributed by atoms with Gasteiger partial charge in [-0.1, -0.05) is 20.8 Å². The predicted octanol–water partition coefficient (Wildman–Crippen LogP) is 0.794. The topological polar surface area (TPSA) is 61.8 Å². The van der Waals surface area contributed by atoms with Crippen molar-refractivity contribution >= 4 is 5.97 Å². The fourth-order valence-corrected chi connectivity index (χ4v) is 2.43. The van der Waals surface area contributed by atoms with Crippen molar-refractivity contribution in [2.45, 2.75) is 45.4 Å². The van der Waals surface area contributed by atoms with Crippen molar-refractivity contribution in [1.82, 2.24) is 10.2 Å². The molecule has 1 aliphatic rings. The molecule has 0 aromatic rings. The molecule has 0 spiro atoms. The molecule has 0 aromatic heterocycles. The lowest BCUT2D eigenvalue weighted by Gasteiger charge is -2.37. The first-order valence-electron chi connectivity index (χ1n) is 6.68. The second-order valence-corrected chi connectivity index (χ2v) is 5.51. The standard InChI is InChI=1S/C13H26N2O3/c1-9(2)14-11(13(16)17)7-15-6-5-10(3)12(8-15)18-4/h9-12,14H,5-8H2,1-4H3,(H,16,17). The van der Waals surface area contributed by atoms with Crippen LogP contribution in [0.4, 0.5) is 0 Å². The Labute approximate surface area is 109 Å². The third-order valence-corrected chi connectivity index (χ3v) is 3.55. The Bertz CT molecular complexity index is 271. The second kappa shape index (κ2) is 7.07. The third kappa shape index (κ3) is 4.55. The molecule has 5 nitrogen and oxygen atoms in total. The van der Waals surface area contributed by atoms with E-state index in [1.54, 1.807) is 7.11 Å². The van der Waals surface area contributed by atoms with E-state index in [9.17, 15) is 9.90 Å². The summed E-state index contributed by atoms with van der Waals surface area (Å²) in [5.41, 5.74) is 0. The summed E-state index contributed by atoms with van der Waals surface area (Å²) in [7, 11) is 1.73. The summed E-state index contributed by atoms with van der Waals surface area (Å²) in [5.74, 6) is -0.233. The molecular formula is C13H26N2O3. The molecule has 0 aromatic carbocycles. The SMILES string of the molecule is COC1CN(CC(NC(C)C)C(=O)O)CCC1C. The minimum absolute atomic E-state index is 0.174. The number of ether oxygens (including phenoxy) is 1. The number of aliphatic carboxylic acids is 1.